The van der Waals surface area contributed by atoms with Gasteiger partial charge in [0.05, 0.1) is 17.4 Å². The third kappa shape index (κ3) is 3.59. The van der Waals surface area contributed by atoms with Crippen molar-refractivity contribution in [2.75, 3.05) is 5.32 Å². The number of alkyl halides is 3. The predicted molar refractivity (Wildman–Crippen MR) is 98.6 cm³/mol. The van der Waals surface area contributed by atoms with Gasteiger partial charge in [0.25, 0.3) is 5.91 Å². The Kier molecular flexibility index (Phi) is 4.69. The van der Waals surface area contributed by atoms with Crippen molar-refractivity contribution in [2.45, 2.75) is 6.18 Å². The number of hydrogen-bond acceptors (Lipinski definition) is 3. The first kappa shape index (κ1) is 19.5. The highest BCUT2D eigenvalue weighted by Crippen LogP contribution is 2.30. The van der Waals surface area contributed by atoms with Gasteiger partial charge >= 0.3 is 6.18 Å². The smallest absolute Gasteiger partial charge is 0.319 e. The number of rotatable bonds is 3. The fourth-order valence-electron chi connectivity index (χ4n) is 2.91. The summed E-state index contributed by atoms with van der Waals surface area (Å²) in [6.45, 7) is 0. The van der Waals surface area contributed by atoms with E-state index in [-0.39, 0.29) is 16.9 Å². The van der Waals surface area contributed by atoms with Crippen molar-refractivity contribution in [1.82, 2.24) is 15.2 Å². The zero-order valence-corrected chi connectivity index (χ0v) is 14.9. The maximum absolute atomic E-state index is 14.1. The number of aromatic amines is 1. The molecule has 0 radical (unpaired) electrons. The number of carbonyl (C=O) groups is 1. The van der Waals surface area contributed by atoms with Gasteiger partial charge < -0.3 is 5.32 Å². The Morgan fingerprint density at radius 1 is 1.03 bits per heavy atom. The van der Waals surface area contributed by atoms with Crippen molar-refractivity contribution in [3.63, 3.8) is 0 Å². The average Bonchev–Trinajstić information content (AvgIpc) is 3.13. The van der Waals surface area contributed by atoms with Crippen LogP contribution in [0.1, 0.15) is 16.2 Å². The Bertz CT molecular complexity index is 1250. The molecule has 2 aromatic heterocycles. The topological polar surface area (TPSA) is 70.7 Å². The first-order valence-electron chi connectivity index (χ1n) is 8.51. The summed E-state index contributed by atoms with van der Waals surface area (Å²) in [6.07, 6.45) is -3.72. The van der Waals surface area contributed by atoms with Gasteiger partial charge in [-0.1, -0.05) is 18.2 Å². The molecule has 0 saturated carbocycles. The Morgan fingerprint density at radius 3 is 2.53 bits per heavy atom. The number of pyridine rings is 1. The maximum atomic E-state index is 14.1. The minimum Gasteiger partial charge on any atom is -0.319 e. The molecule has 30 heavy (non-hydrogen) atoms. The first-order valence-corrected chi connectivity index (χ1v) is 8.51. The molecule has 0 saturated heterocycles. The van der Waals surface area contributed by atoms with Crippen LogP contribution in [0.3, 0.4) is 0 Å². The molecule has 2 N–H and O–H groups in total. The van der Waals surface area contributed by atoms with Crippen LogP contribution in [0.15, 0.2) is 54.7 Å². The second-order valence-corrected chi connectivity index (χ2v) is 6.32. The van der Waals surface area contributed by atoms with E-state index in [2.05, 4.69) is 20.5 Å². The monoisotopic (exact) mass is 418 g/mol. The fourth-order valence-corrected chi connectivity index (χ4v) is 2.91. The molecule has 0 unspecified atom stereocenters. The van der Waals surface area contributed by atoms with Crippen molar-refractivity contribution >= 4 is 22.5 Å². The summed E-state index contributed by atoms with van der Waals surface area (Å²) in [6, 6.07) is 10.1. The second-order valence-electron chi connectivity index (χ2n) is 6.32. The summed E-state index contributed by atoms with van der Waals surface area (Å²) < 4.78 is 65.4. The number of amides is 1. The van der Waals surface area contributed by atoms with Gasteiger partial charge in [-0.25, -0.2) is 13.8 Å². The molecule has 0 aliphatic rings. The highest BCUT2D eigenvalue weighted by molar-refractivity contribution is 6.11. The lowest BCUT2D eigenvalue weighted by Gasteiger charge is -2.07. The van der Waals surface area contributed by atoms with Crippen LogP contribution in [0.4, 0.5) is 27.6 Å². The molecule has 4 rings (SSSR count). The van der Waals surface area contributed by atoms with Crippen LogP contribution in [-0.4, -0.2) is 21.1 Å². The molecule has 0 aliphatic carbocycles. The molecule has 0 bridgehead atoms. The van der Waals surface area contributed by atoms with Gasteiger partial charge in [-0.3, -0.25) is 9.89 Å². The zero-order valence-electron chi connectivity index (χ0n) is 14.9. The number of H-pyrrole nitrogens is 1. The van der Waals surface area contributed by atoms with Crippen LogP contribution in [-0.2, 0) is 6.18 Å². The van der Waals surface area contributed by atoms with E-state index in [0.29, 0.717) is 16.5 Å². The number of carbonyl (C=O) groups excluding carboxylic acids is 1. The van der Waals surface area contributed by atoms with Crippen LogP contribution >= 0.6 is 0 Å². The predicted octanol–water partition coefficient (Wildman–Crippen LogP) is 5.17. The lowest BCUT2D eigenvalue weighted by Crippen LogP contribution is -2.14. The molecule has 0 spiro atoms. The number of hydrogen-bond donors (Lipinski definition) is 2. The minimum absolute atomic E-state index is 0.0106. The Hall–Kier alpha value is -3.82. The van der Waals surface area contributed by atoms with Gasteiger partial charge in [0, 0.05) is 10.9 Å². The molecule has 0 aliphatic heterocycles. The number of halogens is 5. The molecule has 5 nitrogen and oxygen atoms in total. The van der Waals surface area contributed by atoms with Gasteiger partial charge in [0.15, 0.2) is 17.3 Å². The molecule has 4 aromatic rings. The minimum atomic E-state index is -4.59. The summed E-state index contributed by atoms with van der Waals surface area (Å²) in [4.78, 5) is 15.8. The van der Waals surface area contributed by atoms with E-state index in [1.54, 1.807) is 12.1 Å². The van der Waals surface area contributed by atoms with E-state index in [0.717, 1.165) is 24.4 Å². The standard InChI is InChI=1S/C20H11F5N4O/c21-14-3-1-2-12(17(14)22)10-4-6-15-13(8-10)18(29-28-15)19(30)27-11-5-7-16(26-9-11)20(23,24)25/h1-9H,(H,27,30)(H,28,29). The fraction of sp³-hybridized carbons (Fsp3) is 0.0500. The Balaban J connectivity index is 1.66. The van der Waals surface area contributed by atoms with Crippen molar-refractivity contribution in [3.05, 3.63) is 77.8 Å². The third-order valence-corrected chi connectivity index (χ3v) is 4.35. The van der Waals surface area contributed by atoms with Gasteiger partial charge in [-0.15, -0.1) is 0 Å². The number of aromatic nitrogens is 3. The van der Waals surface area contributed by atoms with Crippen molar-refractivity contribution < 1.29 is 26.7 Å². The van der Waals surface area contributed by atoms with Crippen molar-refractivity contribution in [1.29, 1.82) is 0 Å². The van der Waals surface area contributed by atoms with Gasteiger partial charge in [0.1, 0.15) is 5.69 Å². The number of nitrogens with one attached hydrogen (secondary N) is 2. The Morgan fingerprint density at radius 2 is 1.83 bits per heavy atom. The third-order valence-electron chi connectivity index (χ3n) is 4.35. The van der Waals surface area contributed by atoms with E-state index >= 15 is 0 Å². The van der Waals surface area contributed by atoms with Crippen LogP contribution in [0.2, 0.25) is 0 Å². The van der Waals surface area contributed by atoms with Crippen LogP contribution in [0.25, 0.3) is 22.0 Å². The molecular formula is C20H11F5N4O. The largest absolute Gasteiger partial charge is 0.433 e. The molecule has 10 heteroatoms. The first-order chi connectivity index (χ1) is 14.2. The molecule has 2 aromatic carbocycles. The lowest BCUT2D eigenvalue weighted by molar-refractivity contribution is -0.141. The molecule has 1 amide bonds. The van der Waals surface area contributed by atoms with Gasteiger partial charge in [-0.05, 0) is 35.9 Å². The second kappa shape index (κ2) is 7.21. The van der Waals surface area contributed by atoms with Gasteiger partial charge in [-0.2, -0.15) is 18.3 Å². The molecule has 152 valence electrons. The highest BCUT2D eigenvalue weighted by atomic mass is 19.4. The van der Waals surface area contributed by atoms with E-state index in [1.807, 2.05) is 0 Å². The normalized spacial score (nSPS) is 11.6. The number of benzene rings is 2. The van der Waals surface area contributed by atoms with E-state index < -0.39 is 29.4 Å². The quantitative estimate of drug-likeness (QED) is 0.451. The Labute approximate surface area is 165 Å². The van der Waals surface area contributed by atoms with Crippen molar-refractivity contribution in [2.24, 2.45) is 0 Å². The molecule has 2 heterocycles. The summed E-state index contributed by atoms with van der Waals surface area (Å²) in [5.41, 5.74) is -0.318. The molecule has 0 fully saturated rings. The highest BCUT2D eigenvalue weighted by Gasteiger charge is 2.32. The number of nitrogens with zero attached hydrogens (tertiary/aromatic N) is 2. The molecule has 0 atom stereocenters. The number of anilines is 1. The van der Waals surface area contributed by atoms with Crippen LogP contribution < -0.4 is 5.32 Å². The average molecular weight is 418 g/mol. The summed E-state index contributed by atoms with van der Waals surface area (Å²) in [5, 5.41) is 9.30. The van der Waals surface area contributed by atoms with Gasteiger partial charge in [0.2, 0.25) is 0 Å². The SMILES string of the molecule is O=C(Nc1ccc(C(F)(F)F)nc1)c1n[nH]c2ccc(-c3cccc(F)c3F)cc12. The van der Waals surface area contributed by atoms with Crippen LogP contribution in [0.5, 0.6) is 0 Å². The van der Waals surface area contributed by atoms with E-state index in [4.69, 9.17) is 0 Å². The lowest BCUT2D eigenvalue weighted by atomic mass is 10.0. The molecular weight excluding hydrogens is 407 g/mol. The summed E-state index contributed by atoms with van der Waals surface area (Å²) in [7, 11) is 0. The van der Waals surface area contributed by atoms with Crippen LogP contribution in [0, 0.1) is 11.6 Å². The summed E-state index contributed by atoms with van der Waals surface area (Å²) in [5.74, 6) is -2.74. The summed E-state index contributed by atoms with van der Waals surface area (Å²) >= 11 is 0. The zero-order chi connectivity index (χ0) is 21.5. The van der Waals surface area contributed by atoms with Crippen molar-refractivity contribution in [3.8, 4) is 11.1 Å². The van der Waals surface area contributed by atoms with E-state index in [9.17, 15) is 26.7 Å². The van der Waals surface area contributed by atoms with E-state index in [1.165, 1.54) is 18.2 Å². The maximum Gasteiger partial charge on any atom is 0.433 e. The number of fused-ring (bicyclic) bond motifs is 1.